The topological polar surface area (TPSA) is 40.3 Å². The van der Waals surface area contributed by atoms with Crippen molar-refractivity contribution >= 4 is 30.7 Å². The average molecular weight is 218 g/mol. The second kappa shape index (κ2) is 4.27. The van der Waals surface area contributed by atoms with Gasteiger partial charge in [0, 0.05) is 12.3 Å². The summed E-state index contributed by atoms with van der Waals surface area (Å²) >= 11 is 4.32. The summed E-state index contributed by atoms with van der Waals surface area (Å²) in [5.74, 6) is 0. The van der Waals surface area contributed by atoms with Crippen molar-refractivity contribution in [3.8, 4) is 0 Å². The first kappa shape index (κ1) is 9.92. The van der Waals surface area contributed by atoms with Crippen LogP contribution in [-0.2, 0) is 6.54 Å². The van der Waals surface area contributed by atoms with Gasteiger partial charge < -0.3 is 0 Å². The largest absolute Gasteiger partial charge is 0.247 e. The van der Waals surface area contributed by atoms with E-state index in [1.807, 2.05) is 24.3 Å². The van der Waals surface area contributed by atoms with E-state index < -0.39 is 0 Å². The summed E-state index contributed by atoms with van der Waals surface area (Å²) in [7, 11) is 0. The molecule has 0 saturated carbocycles. The van der Waals surface area contributed by atoms with E-state index >= 15 is 0 Å². The normalized spacial score (nSPS) is 15.0. The van der Waals surface area contributed by atoms with Gasteiger partial charge >= 0.3 is 0 Å². The van der Waals surface area contributed by atoms with Crippen molar-refractivity contribution in [2.24, 2.45) is 15.3 Å². The van der Waals surface area contributed by atoms with E-state index in [1.165, 1.54) is 11.9 Å². The van der Waals surface area contributed by atoms with E-state index in [0.717, 1.165) is 5.56 Å². The summed E-state index contributed by atoms with van der Waals surface area (Å²) in [5, 5.41) is 13.7. The van der Waals surface area contributed by atoms with Crippen LogP contribution in [0.3, 0.4) is 0 Å². The first-order valence-corrected chi connectivity index (χ1v) is 4.87. The van der Waals surface area contributed by atoms with Crippen LogP contribution >= 0.6 is 12.6 Å². The summed E-state index contributed by atoms with van der Waals surface area (Å²) in [6.45, 7) is 3.95. The third kappa shape index (κ3) is 2.07. The van der Waals surface area contributed by atoms with Crippen molar-refractivity contribution in [3.63, 3.8) is 0 Å². The van der Waals surface area contributed by atoms with Crippen LogP contribution < -0.4 is 0 Å². The van der Waals surface area contributed by atoms with Gasteiger partial charge in [0.15, 0.2) is 0 Å². The van der Waals surface area contributed by atoms with Crippen LogP contribution in [-0.4, -0.2) is 23.1 Å². The number of rotatable bonds is 2. The molecule has 0 spiro atoms. The molecule has 5 heteroatoms. The van der Waals surface area contributed by atoms with Crippen molar-refractivity contribution in [2.75, 3.05) is 0 Å². The van der Waals surface area contributed by atoms with Crippen molar-refractivity contribution in [1.29, 1.82) is 0 Å². The third-order valence-electron chi connectivity index (χ3n) is 2.08. The van der Waals surface area contributed by atoms with E-state index in [-0.39, 0.29) is 0 Å². The predicted molar refractivity (Wildman–Crippen MR) is 65.5 cm³/mol. The molecule has 0 radical (unpaired) electrons. The van der Waals surface area contributed by atoms with Gasteiger partial charge in [0.05, 0.1) is 6.54 Å². The van der Waals surface area contributed by atoms with Crippen molar-refractivity contribution in [3.05, 3.63) is 35.4 Å². The van der Waals surface area contributed by atoms with Gasteiger partial charge in [0.1, 0.15) is 11.4 Å². The van der Waals surface area contributed by atoms with E-state index in [9.17, 15) is 0 Å². The van der Waals surface area contributed by atoms with E-state index in [2.05, 4.69) is 34.7 Å². The number of hydrazone groups is 1. The highest BCUT2D eigenvalue weighted by atomic mass is 32.1. The predicted octanol–water partition coefficient (Wildman–Crippen LogP) is 1.74. The van der Waals surface area contributed by atoms with Gasteiger partial charge in [-0.2, -0.15) is 10.2 Å². The lowest BCUT2D eigenvalue weighted by Gasteiger charge is -2.21. The molecule has 4 nitrogen and oxygen atoms in total. The van der Waals surface area contributed by atoms with Gasteiger partial charge in [-0.1, -0.05) is 24.3 Å². The highest BCUT2D eigenvalue weighted by molar-refractivity contribution is 7.97. The highest BCUT2D eigenvalue weighted by Gasteiger charge is 2.14. The minimum absolute atomic E-state index is 0.680. The summed E-state index contributed by atoms with van der Waals surface area (Å²) in [6.07, 6.45) is 1.53. The lowest BCUT2D eigenvalue weighted by Crippen LogP contribution is -2.22. The first-order chi connectivity index (χ1) is 7.31. The Labute approximate surface area is 93.4 Å². The number of hydrogen-bond acceptors (Lipinski definition) is 3. The molecule has 1 heterocycles. The van der Waals surface area contributed by atoms with Crippen molar-refractivity contribution in [1.82, 2.24) is 5.01 Å². The molecule has 0 atom stereocenters. The molecule has 1 aliphatic rings. The Morgan fingerprint density at radius 1 is 1.47 bits per heavy atom. The molecular formula is C10H10N4S. The molecule has 0 N–H and O–H groups in total. The van der Waals surface area contributed by atoms with Crippen LogP contribution in [0, 0.1) is 0 Å². The van der Waals surface area contributed by atoms with Gasteiger partial charge in [-0.15, -0.1) is 17.7 Å². The molecule has 76 valence electrons. The van der Waals surface area contributed by atoms with Gasteiger partial charge in [0.2, 0.25) is 0 Å². The number of hydrogen-bond donors (Lipinski definition) is 1. The lowest BCUT2D eigenvalue weighted by atomic mass is 10.1. The zero-order valence-electron chi connectivity index (χ0n) is 8.04. The SMILES string of the molecule is C=N/N=C\N1Cc2ccccc2C(S)=N1. The van der Waals surface area contributed by atoms with Crippen LogP contribution in [0.15, 0.2) is 39.6 Å². The van der Waals surface area contributed by atoms with Gasteiger partial charge in [-0.05, 0) is 5.56 Å². The number of thiol groups is 1. The van der Waals surface area contributed by atoms with Crippen molar-refractivity contribution in [2.45, 2.75) is 6.54 Å². The number of nitrogens with zero attached hydrogens (tertiary/aromatic N) is 4. The molecule has 0 unspecified atom stereocenters. The molecule has 0 bridgehead atoms. The molecular weight excluding hydrogens is 208 g/mol. The smallest absolute Gasteiger partial charge is 0.134 e. The molecule has 1 aromatic carbocycles. The lowest BCUT2D eigenvalue weighted by molar-refractivity contribution is 0.446. The van der Waals surface area contributed by atoms with Crippen LogP contribution in [0.5, 0.6) is 0 Å². The van der Waals surface area contributed by atoms with Crippen LogP contribution in [0.1, 0.15) is 11.1 Å². The minimum atomic E-state index is 0.680. The number of fused-ring (bicyclic) bond motifs is 1. The first-order valence-electron chi connectivity index (χ1n) is 4.43. The van der Waals surface area contributed by atoms with Crippen LogP contribution in [0.4, 0.5) is 0 Å². The van der Waals surface area contributed by atoms with Crippen molar-refractivity contribution < 1.29 is 0 Å². The second-order valence-electron chi connectivity index (χ2n) is 3.05. The van der Waals surface area contributed by atoms with E-state index in [0.29, 0.717) is 11.6 Å². The molecule has 2 rings (SSSR count). The Hall–Kier alpha value is -1.62. The zero-order chi connectivity index (χ0) is 10.7. The Kier molecular flexibility index (Phi) is 2.82. The maximum absolute atomic E-state index is 4.32. The van der Waals surface area contributed by atoms with E-state index in [1.54, 1.807) is 5.01 Å². The Morgan fingerprint density at radius 2 is 2.27 bits per heavy atom. The van der Waals surface area contributed by atoms with Crippen LogP contribution in [0.25, 0.3) is 0 Å². The summed E-state index contributed by atoms with van der Waals surface area (Å²) < 4.78 is 0. The monoisotopic (exact) mass is 218 g/mol. The Bertz CT molecular complexity index is 439. The summed E-state index contributed by atoms with van der Waals surface area (Å²) in [4.78, 5) is 0. The molecule has 15 heavy (non-hydrogen) atoms. The van der Waals surface area contributed by atoms with E-state index in [4.69, 9.17) is 0 Å². The highest BCUT2D eigenvalue weighted by Crippen LogP contribution is 2.19. The number of benzene rings is 1. The molecule has 0 fully saturated rings. The fourth-order valence-electron chi connectivity index (χ4n) is 1.42. The Morgan fingerprint density at radius 3 is 3.07 bits per heavy atom. The molecule has 0 aliphatic carbocycles. The quantitative estimate of drug-likeness (QED) is 0.349. The molecule has 0 saturated heterocycles. The van der Waals surface area contributed by atoms with Gasteiger partial charge in [-0.25, -0.2) is 5.01 Å². The zero-order valence-corrected chi connectivity index (χ0v) is 8.93. The molecule has 1 aliphatic heterocycles. The average Bonchev–Trinajstić information content (AvgIpc) is 2.26. The molecule has 0 amide bonds. The maximum Gasteiger partial charge on any atom is 0.134 e. The van der Waals surface area contributed by atoms with Crippen LogP contribution in [0.2, 0.25) is 0 Å². The minimum Gasteiger partial charge on any atom is -0.247 e. The molecule has 1 aromatic rings. The third-order valence-corrected chi connectivity index (χ3v) is 2.41. The maximum atomic E-state index is 4.32. The summed E-state index contributed by atoms with van der Waals surface area (Å²) in [5.41, 5.74) is 2.24. The Balaban J connectivity index is 2.32. The molecule has 0 aromatic heterocycles. The van der Waals surface area contributed by atoms with Gasteiger partial charge in [-0.3, -0.25) is 0 Å². The fraction of sp³-hybridized carbons (Fsp3) is 0.100. The van der Waals surface area contributed by atoms with Gasteiger partial charge in [0.25, 0.3) is 0 Å². The second-order valence-corrected chi connectivity index (χ2v) is 3.47. The fourth-order valence-corrected chi connectivity index (χ4v) is 1.76. The summed E-state index contributed by atoms with van der Waals surface area (Å²) in [6, 6.07) is 8.01. The standard InChI is InChI=1S/C10H10N4S/c1-11-12-7-14-6-8-4-2-3-5-9(8)10(15)13-14/h2-5,7H,1,6H2,(H,13,15)/b12-7-.